The van der Waals surface area contributed by atoms with Crippen LogP contribution in [0.2, 0.25) is 0 Å². The average molecular weight is 328 g/mol. The van der Waals surface area contributed by atoms with Gasteiger partial charge in [0.25, 0.3) is 0 Å². The summed E-state index contributed by atoms with van der Waals surface area (Å²) in [6, 6.07) is 0.913. The summed E-state index contributed by atoms with van der Waals surface area (Å²) < 4.78 is 13.4. The van der Waals surface area contributed by atoms with E-state index in [0.717, 1.165) is 0 Å². The van der Waals surface area contributed by atoms with Gasteiger partial charge in [0.05, 0.1) is 8.95 Å². The van der Waals surface area contributed by atoms with Crippen molar-refractivity contribution in [1.82, 2.24) is 0 Å². The molecule has 0 aliphatic rings. The van der Waals surface area contributed by atoms with Gasteiger partial charge >= 0.3 is 0 Å². The molecule has 78 valence electrons. The van der Waals surface area contributed by atoms with Gasteiger partial charge in [0.15, 0.2) is 5.82 Å². The number of halogens is 3. The van der Waals surface area contributed by atoms with Gasteiger partial charge in [-0.05, 0) is 37.9 Å². The van der Waals surface area contributed by atoms with Gasteiger partial charge in [0.1, 0.15) is 5.75 Å². The number of phenols is 1. The number of nitrogens with two attached hydrogens (primary N) is 2. The van der Waals surface area contributed by atoms with E-state index in [9.17, 15) is 9.50 Å². The second-order valence-electron chi connectivity index (χ2n) is 2.77. The van der Waals surface area contributed by atoms with Gasteiger partial charge in [-0.2, -0.15) is 0 Å². The second-order valence-corrected chi connectivity index (χ2v) is 4.41. The van der Waals surface area contributed by atoms with E-state index in [2.05, 4.69) is 31.9 Å². The Hall–Kier alpha value is -0.170. The highest BCUT2D eigenvalue weighted by Crippen LogP contribution is 2.37. The van der Waals surface area contributed by atoms with Crippen LogP contribution in [0.15, 0.2) is 15.0 Å². The van der Waals surface area contributed by atoms with E-state index < -0.39 is 11.9 Å². The minimum atomic E-state index is -0.560. The summed E-state index contributed by atoms with van der Waals surface area (Å²) >= 11 is 5.94. The van der Waals surface area contributed by atoms with Crippen molar-refractivity contribution >= 4 is 31.9 Å². The zero-order chi connectivity index (χ0) is 10.9. The highest BCUT2D eigenvalue weighted by atomic mass is 79.9. The molecule has 0 unspecified atom stereocenters. The number of aromatic hydroxyl groups is 1. The molecule has 0 amide bonds. The van der Waals surface area contributed by atoms with Gasteiger partial charge in [-0.1, -0.05) is 0 Å². The Morgan fingerprint density at radius 3 is 2.57 bits per heavy atom. The van der Waals surface area contributed by atoms with Crippen molar-refractivity contribution in [3.8, 4) is 5.75 Å². The third kappa shape index (κ3) is 2.08. The van der Waals surface area contributed by atoms with Crippen LogP contribution in [0.25, 0.3) is 0 Å². The zero-order valence-electron chi connectivity index (χ0n) is 7.10. The lowest BCUT2D eigenvalue weighted by atomic mass is 10.1. The number of rotatable bonds is 2. The van der Waals surface area contributed by atoms with Crippen LogP contribution >= 0.6 is 31.9 Å². The molecular weight excluding hydrogens is 319 g/mol. The highest BCUT2D eigenvalue weighted by Gasteiger charge is 2.17. The average Bonchev–Trinajstić information content (AvgIpc) is 2.19. The van der Waals surface area contributed by atoms with E-state index in [1.165, 1.54) is 6.07 Å². The van der Waals surface area contributed by atoms with Crippen molar-refractivity contribution in [2.24, 2.45) is 11.5 Å². The van der Waals surface area contributed by atoms with Crippen LogP contribution in [0, 0.1) is 5.82 Å². The molecule has 6 heteroatoms. The Kier molecular flexibility index (Phi) is 3.88. The van der Waals surface area contributed by atoms with Crippen molar-refractivity contribution in [3.63, 3.8) is 0 Å². The molecule has 0 aliphatic heterocycles. The van der Waals surface area contributed by atoms with E-state index in [0.29, 0.717) is 5.56 Å². The lowest BCUT2D eigenvalue weighted by molar-refractivity contribution is 0.450. The topological polar surface area (TPSA) is 72.3 Å². The fourth-order valence-corrected chi connectivity index (χ4v) is 2.17. The molecule has 0 radical (unpaired) electrons. The van der Waals surface area contributed by atoms with Gasteiger partial charge in [-0.15, -0.1) is 0 Å². The maximum Gasteiger partial charge on any atom is 0.155 e. The van der Waals surface area contributed by atoms with Crippen LogP contribution < -0.4 is 11.5 Å². The van der Waals surface area contributed by atoms with Crippen molar-refractivity contribution in [1.29, 1.82) is 0 Å². The molecule has 0 bridgehead atoms. The predicted molar refractivity (Wildman–Crippen MR) is 59.4 cm³/mol. The molecule has 1 aromatic carbocycles. The maximum atomic E-state index is 13.2. The first kappa shape index (κ1) is 11.9. The molecule has 14 heavy (non-hydrogen) atoms. The largest absolute Gasteiger partial charge is 0.506 e. The number of phenolic OH excluding ortho intramolecular Hbond substituents is 1. The van der Waals surface area contributed by atoms with Crippen LogP contribution in [0.4, 0.5) is 4.39 Å². The summed E-state index contributed by atoms with van der Waals surface area (Å²) in [7, 11) is 0. The summed E-state index contributed by atoms with van der Waals surface area (Å²) in [5, 5.41) is 9.56. The summed E-state index contributed by atoms with van der Waals surface area (Å²) in [5.41, 5.74) is 11.4. The molecule has 1 rings (SSSR count). The third-order valence-electron chi connectivity index (χ3n) is 1.82. The third-order valence-corrected chi connectivity index (χ3v) is 3.12. The van der Waals surface area contributed by atoms with E-state index >= 15 is 0 Å². The molecule has 1 atom stereocenters. The summed E-state index contributed by atoms with van der Waals surface area (Å²) in [6.45, 7) is 0.179. The maximum absolute atomic E-state index is 13.2. The summed E-state index contributed by atoms with van der Waals surface area (Å²) in [5.74, 6) is -0.765. The van der Waals surface area contributed by atoms with Crippen LogP contribution in [0.5, 0.6) is 5.75 Å². The zero-order valence-corrected chi connectivity index (χ0v) is 10.3. The standard InChI is InChI=1S/C8H9Br2FN2O/c9-4-1-3(5(13)2-12)8(14)6(10)7(4)11/h1,5,14H,2,12-13H2/t5-/m0/s1. The van der Waals surface area contributed by atoms with Gasteiger partial charge in [-0.25, -0.2) is 4.39 Å². The van der Waals surface area contributed by atoms with Gasteiger partial charge in [0, 0.05) is 18.2 Å². The summed E-state index contributed by atoms with van der Waals surface area (Å²) in [6.07, 6.45) is 0. The minimum absolute atomic E-state index is 0.00854. The molecular formula is C8H9Br2FN2O. The Bertz CT molecular complexity index is 360. The van der Waals surface area contributed by atoms with E-state index in [1.807, 2.05) is 0 Å². The first-order chi connectivity index (χ1) is 6.49. The lowest BCUT2D eigenvalue weighted by Crippen LogP contribution is -2.21. The van der Waals surface area contributed by atoms with E-state index in [-0.39, 0.29) is 21.2 Å². The fraction of sp³-hybridized carbons (Fsp3) is 0.250. The van der Waals surface area contributed by atoms with Crippen LogP contribution in [-0.2, 0) is 0 Å². The van der Waals surface area contributed by atoms with Gasteiger partial charge < -0.3 is 16.6 Å². The molecule has 0 aliphatic carbocycles. The first-order valence-corrected chi connectivity index (χ1v) is 5.39. The first-order valence-electron chi connectivity index (χ1n) is 3.81. The van der Waals surface area contributed by atoms with Crippen molar-refractivity contribution in [2.75, 3.05) is 6.54 Å². The van der Waals surface area contributed by atoms with Crippen LogP contribution in [0.3, 0.4) is 0 Å². The molecule has 5 N–H and O–H groups in total. The Morgan fingerprint density at radius 2 is 2.07 bits per heavy atom. The predicted octanol–water partition coefficient (Wildman–Crippen LogP) is 2.01. The Balaban J connectivity index is 3.33. The van der Waals surface area contributed by atoms with E-state index in [4.69, 9.17) is 11.5 Å². The number of hydrogen-bond acceptors (Lipinski definition) is 3. The fourth-order valence-electron chi connectivity index (χ4n) is 1.01. The number of hydrogen-bond donors (Lipinski definition) is 3. The van der Waals surface area contributed by atoms with E-state index in [1.54, 1.807) is 0 Å². The Labute approximate surface area is 97.5 Å². The molecule has 0 aromatic heterocycles. The normalized spacial score (nSPS) is 12.9. The minimum Gasteiger partial charge on any atom is -0.506 e. The molecule has 0 fully saturated rings. The van der Waals surface area contributed by atoms with Crippen molar-refractivity contribution in [2.45, 2.75) is 6.04 Å². The Morgan fingerprint density at radius 1 is 1.50 bits per heavy atom. The van der Waals surface area contributed by atoms with Gasteiger partial charge in [0.2, 0.25) is 0 Å². The number of benzene rings is 1. The van der Waals surface area contributed by atoms with Gasteiger partial charge in [-0.3, -0.25) is 0 Å². The molecule has 0 spiro atoms. The molecule has 3 nitrogen and oxygen atoms in total. The lowest BCUT2D eigenvalue weighted by Gasteiger charge is -2.13. The SMILES string of the molecule is NC[C@H](N)c1cc(Br)c(F)c(Br)c1O. The molecule has 1 aromatic rings. The van der Waals surface area contributed by atoms with Crippen molar-refractivity contribution < 1.29 is 9.50 Å². The van der Waals surface area contributed by atoms with Crippen LogP contribution in [-0.4, -0.2) is 11.7 Å². The highest BCUT2D eigenvalue weighted by molar-refractivity contribution is 9.11. The van der Waals surface area contributed by atoms with Crippen LogP contribution in [0.1, 0.15) is 11.6 Å². The monoisotopic (exact) mass is 326 g/mol. The molecule has 0 saturated carbocycles. The summed E-state index contributed by atoms with van der Waals surface area (Å²) in [4.78, 5) is 0. The molecule has 0 saturated heterocycles. The quantitative estimate of drug-likeness (QED) is 0.728. The second kappa shape index (κ2) is 4.57. The van der Waals surface area contributed by atoms with Crippen molar-refractivity contribution in [3.05, 3.63) is 26.4 Å². The smallest absolute Gasteiger partial charge is 0.155 e. The molecule has 0 heterocycles.